The van der Waals surface area contributed by atoms with Crippen molar-refractivity contribution in [3.63, 3.8) is 0 Å². The average Bonchev–Trinajstić information content (AvgIpc) is 3.06. The fourth-order valence-electron chi connectivity index (χ4n) is 2.64. The van der Waals surface area contributed by atoms with Crippen LogP contribution in [0.5, 0.6) is 5.75 Å². The molecule has 0 aliphatic rings. The summed E-state index contributed by atoms with van der Waals surface area (Å²) >= 11 is 6.91. The third-order valence-electron chi connectivity index (χ3n) is 3.87. The summed E-state index contributed by atoms with van der Waals surface area (Å²) in [6.07, 6.45) is 0. The normalized spacial score (nSPS) is 11.4. The molecule has 0 spiro atoms. The van der Waals surface area contributed by atoms with Gasteiger partial charge in [0.2, 0.25) is 0 Å². The summed E-state index contributed by atoms with van der Waals surface area (Å²) in [6.45, 7) is 2.67. The Bertz CT molecular complexity index is 1070. The highest BCUT2D eigenvalue weighted by Crippen LogP contribution is 2.28. The number of ether oxygens (including phenoxy) is 1. The molecule has 0 fully saturated rings. The monoisotopic (exact) mass is 341 g/mol. The first-order valence-corrected chi connectivity index (χ1v) is 8.54. The smallest absolute Gasteiger partial charge is 0.269 e. The molecule has 0 atom stereocenters. The molecule has 0 N–H and O–H groups in total. The molecule has 2 aromatic heterocycles. The molecule has 0 saturated heterocycles. The molecule has 0 radical (unpaired) electrons. The quantitative estimate of drug-likeness (QED) is 0.454. The van der Waals surface area contributed by atoms with Crippen molar-refractivity contribution in [2.24, 2.45) is 7.05 Å². The van der Waals surface area contributed by atoms with E-state index in [-0.39, 0.29) is 0 Å². The summed E-state index contributed by atoms with van der Waals surface area (Å²) in [7, 11) is 1.90. The van der Waals surface area contributed by atoms with Crippen molar-refractivity contribution in [2.75, 3.05) is 0 Å². The summed E-state index contributed by atoms with van der Waals surface area (Å²) in [5.41, 5.74) is 3.00. The summed E-state index contributed by atoms with van der Waals surface area (Å²) in [5.74, 6) is 0.817. The lowest BCUT2D eigenvalue weighted by Crippen LogP contribution is -1.93. The maximum Gasteiger partial charge on any atom is 0.269 e. The molecule has 2 heterocycles. The van der Waals surface area contributed by atoms with Gasteiger partial charge in [-0.3, -0.25) is 0 Å². The molecule has 23 heavy (non-hydrogen) atoms. The minimum atomic E-state index is 0.469. The van der Waals surface area contributed by atoms with Crippen LogP contribution >= 0.6 is 23.6 Å². The van der Waals surface area contributed by atoms with Crippen molar-refractivity contribution in [3.05, 3.63) is 57.7 Å². The Labute approximate surface area is 142 Å². The van der Waals surface area contributed by atoms with Crippen LogP contribution < -0.4 is 4.74 Å². The summed E-state index contributed by atoms with van der Waals surface area (Å²) in [4.78, 5) is 1.68. The van der Waals surface area contributed by atoms with E-state index in [1.165, 1.54) is 20.5 Å². The molecule has 3 nitrogen and oxygen atoms in total. The van der Waals surface area contributed by atoms with Gasteiger partial charge in [0.15, 0.2) is 5.58 Å². The van der Waals surface area contributed by atoms with Crippen LogP contribution in [0.2, 0.25) is 0 Å². The Hall–Kier alpha value is -2.11. The molecule has 5 heteroatoms. The van der Waals surface area contributed by atoms with E-state index >= 15 is 0 Å². The van der Waals surface area contributed by atoms with E-state index in [1.54, 1.807) is 11.3 Å². The maximum absolute atomic E-state index is 5.95. The van der Waals surface area contributed by atoms with E-state index in [9.17, 15) is 0 Å². The van der Waals surface area contributed by atoms with Crippen molar-refractivity contribution in [1.29, 1.82) is 0 Å². The Morgan fingerprint density at radius 2 is 2.04 bits per heavy atom. The predicted octanol–water partition coefficient (Wildman–Crippen LogP) is 5.60. The minimum Gasteiger partial charge on any atom is -0.488 e. The molecular formula is C18H15NO2S2. The zero-order chi connectivity index (χ0) is 16.0. The number of hydrogen-bond acceptors (Lipinski definition) is 4. The van der Waals surface area contributed by atoms with Crippen LogP contribution in [0, 0.1) is 11.8 Å². The van der Waals surface area contributed by atoms with Gasteiger partial charge in [-0.2, -0.15) is 0 Å². The van der Waals surface area contributed by atoms with Crippen LogP contribution in [0.15, 0.2) is 46.9 Å². The Kier molecular flexibility index (Phi) is 3.47. The number of aromatic nitrogens is 1. The minimum absolute atomic E-state index is 0.469. The predicted molar refractivity (Wildman–Crippen MR) is 96.9 cm³/mol. The molecule has 0 amide bonds. The topological polar surface area (TPSA) is 27.3 Å². The molecule has 116 valence electrons. The zero-order valence-corrected chi connectivity index (χ0v) is 14.5. The van der Waals surface area contributed by atoms with Gasteiger partial charge in [-0.15, -0.1) is 11.3 Å². The first kappa shape index (κ1) is 14.5. The number of thiophene rings is 1. The second-order valence-corrected chi connectivity index (χ2v) is 7.12. The van der Waals surface area contributed by atoms with Crippen LogP contribution in [-0.2, 0) is 13.7 Å². The summed E-state index contributed by atoms with van der Waals surface area (Å²) in [5, 5.41) is 1.28. The van der Waals surface area contributed by atoms with E-state index in [0.717, 1.165) is 16.8 Å². The molecule has 2 aromatic carbocycles. The van der Waals surface area contributed by atoms with E-state index in [1.807, 2.05) is 29.8 Å². The highest BCUT2D eigenvalue weighted by molar-refractivity contribution is 7.71. The van der Waals surface area contributed by atoms with E-state index in [0.29, 0.717) is 11.4 Å². The number of rotatable bonds is 3. The number of nitrogens with zero attached hydrogens (tertiary/aromatic N) is 1. The Morgan fingerprint density at radius 1 is 1.17 bits per heavy atom. The highest BCUT2D eigenvalue weighted by atomic mass is 32.1. The van der Waals surface area contributed by atoms with Crippen LogP contribution in [0.25, 0.3) is 21.2 Å². The van der Waals surface area contributed by atoms with Gasteiger partial charge in [0.05, 0.1) is 5.52 Å². The summed E-state index contributed by atoms with van der Waals surface area (Å²) in [6, 6.07) is 14.5. The molecular weight excluding hydrogens is 326 g/mol. The molecule has 0 unspecified atom stereocenters. The number of oxazole rings is 1. The highest BCUT2D eigenvalue weighted by Gasteiger charge is 2.07. The standard InChI is InChI=1S/C18H15NO2S2/c1-11-3-6-17-12(7-11)8-14(23-17)10-20-13-4-5-16-15(9-13)19(2)18(22)21-16/h3-9H,10H2,1-2H3. The van der Waals surface area contributed by atoms with Crippen molar-refractivity contribution in [1.82, 2.24) is 4.57 Å². The average molecular weight is 341 g/mol. The van der Waals surface area contributed by atoms with E-state index in [2.05, 4.69) is 31.2 Å². The van der Waals surface area contributed by atoms with Gasteiger partial charge in [0.25, 0.3) is 4.84 Å². The molecule has 0 bridgehead atoms. The Balaban J connectivity index is 1.60. The van der Waals surface area contributed by atoms with E-state index in [4.69, 9.17) is 21.4 Å². The number of benzene rings is 2. The lowest BCUT2D eigenvalue weighted by molar-refractivity contribution is 0.310. The van der Waals surface area contributed by atoms with E-state index < -0.39 is 0 Å². The Morgan fingerprint density at radius 3 is 2.91 bits per heavy atom. The summed E-state index contributed by atoms with van der Waals surface area (Å²) < 4.78 is 14.6. The van der Waals surface area contributed by atoms with Crippen molar-refractivity contribution in [2.45, 2.75) is 13.5 Å². The largest absolute Gasteiger partial charge is 0.488 e. The lowest BCUT2D eigenvalue weighted by Gasteiger charge is -2.04. The van der Waals surface area contributed by atoms with Gasteiger partial charge in [0, 0.05) is 22.7 Å². The first-order valence-electron chi connectivity index (χ1n) is 7.31. The zero-order valence-electron chi connectivity index (χ0n) is 12.8. The first-order chi connectivity index (χ1) is 11.1. The van der Waals surface area contributed by atoms with Gasteiger partial charge < -0.3 is 13.7 Å². The maximum atomic E-state index is 5.95. The third kappa shape index (κ3) is 2.66. The molecule has 0 saturated carbocycles. The second-order valence-electron chi connectivity index (χ2n) is 5.60. The van der Waals surface area contributed by atoms with Crippen LogP contribution in [0.1, 0.15) is 10.4 Å². The van der Waals surface area contributed by atoms with Gasteiger partial charge in [-0.1, -0.05) is 17.7 Å². The van der Waals surface area contributed by atoms with Crippen LogP contribution in [-0.4, -0.2) is 4.57 Å². The second kappa shape index (κ2) is 5.51. The fourth-order valence-corrected chi connectivity index (χ4v) is 3.79. The number of hydrogen-bond donors (Lipinski definition) is 0. The van der Waals surface area contributed by atoms with Crippen molar-refractivity contribution < 1.29 is 9.15 Å². The molecule has 0 aliphatic heterocycles. The van der Waals surface area contributed by atoms with Crippen LogP contribution in [0.3, 0.4) is 0 Å². The van der Waals surface area contributed by atoms with Gasteiger partial charge in [-0.25, -0.2) is 0 Å². The molecule has 0 aliphatic carbocycles. The van der Waals surface area contributed by atoms with Crippen molar-refractivity contribution in [3.8, 4) is 5.75 Å². The number of aryl methyl sites for hydroxylation is 2. The molecule has 4 aromatic rings. The third-order valence-corrected chi connectivity index (χ3v) is 5.31. The van der Waals surface area contributed by atoms with Gasteiger partial charge in [0.1, 0.15) is 12.4 Å². The number of fused-ring (bicyclic) bond motifs is 2. The molecule has 4 rings (SSSR count). The van der Waals surface area contributed by atoms with Gasteiger partial charge >= 0.3 is 0 Å². The van der Waals surface area contributed by atoms with Crippen molar-refractivity contribution >= 4 is 44.7 Å². The fraction of sp³-hybridized carbons (Fsp3) is 0.167. The van der Waals surface area contributed by atoms with Crippen LogP contribution in [0.4, 0.5) is 0 Å². The lowest BCUT2D eigenvalue weighted by atomic mass is 10.2. The SMILES string of the molecule is Cc1ccc2sc(COc3ccc4oc(=S)n(C)c4c3)cc2c1. The van der Waals surface area contributed by atoms with Gasteiger partial charge in [-0.05, 0) is 48.8 Å².